The van der Waals surface area contributed by atoms with Crippen LogP contribution in [0.4, 0.5) is 5.82 Å². The third-order valence-electron chi connectivity index (χ3n) is 2.52. The summed E-state index contributed by atoms with van der Waals surface area (Å²) in [4.78, 5) is 7.89. The van der Waals surface area contributed by atoms with Gasteiger partial charge in [0.25, 0.3) is 5.88 Å². The second-order valence-electron chi connectivity index (χ2n) is 3.99. The summed E-state index contributed by atoms with van der Waals surface area (Å²) >= 11 is 0. The lowest BCUT2D eigenvalue weighted by atomic mass is 10.3. The standard InChI is InChI=1S/C14H17N3O3/c1-3-8-19-10-6-4-5-7-11(10)20-14-12(18-2)13(15)16-9-17-14/h4-7,9H,3,8H2,1-2H3,(H2,15,16,17). The zero-order valence-electron chi connectivity index (χ0n) is 11.5. The molecule has 0 bridgehead atoms. The summed E-state index contributed by atoms with van der Waals surface area (Å²) < 4.78 is 16.5. The molecule has 2 aromatic rings. The van der Waals surface area contributed by atoms with Crippen molar-refractivity contribution in [2.24, 2.45) is 0 Å². The first-order chi connectivity index (χ1) is 9.76. The number of para-hydroxylation sites is 2. The van der Waals surface area contributed by atoms with E-state index < -0.39 is 0 Å². The number of nitrogen functional groups attached to an aromatic ring is 1. The third-order valence-corrected chi connectivity index (χ3v) is 2.52. The van der Waals surface area contributed by atoms with Crippen LogP contribution in [-0.4, -0.2) is 23.7 Å². The highest BCUT2D eigenvalue weighted by Crippen LogP contribution is 2.36. The molecule has 2 N–H and O–H groups in total. The fraction of sp³-hybridized carbons (Fsp3) is 0.286. The van der Waals surface area contributed by atoms with Gasteiger partial charge in [-0.3, -0.25) is 0 Å². The van der Waals surface area contributed by atoms with Crippen LogP contribution in [0.2, 0.25) is 0 Å². The summed E-state index contributed by atoms with van der Waals surface area (Å²) in [5.74, 6) is 1.99. The summed E-state index contributed by atoms with van der Waals surface area (Å²) in [6.07, 6.45) is 2.24. The van der Waals surface area contributed by atoms with Crippen molar-refractivity contribution in [3.63, 3.8) is 0 Å². The van der Waals surface area contributed by atoms with Gasteiger partial charge in [0.1, 0.15) is 6.33 Å². The molecule has 0 fully saturated rings. The van der Waals surface area contributed by atoms with Gasteiger partial charge in [-0.05, 0) is 18.6 Å². The Bertz CT molecular complexity index is 575. The molecule has 6 heteroatoms. The largest absolute Gasteiger partial charge is 0.490 e. The van der Waals surface area contributed by atoms with E-state index in [1.54, 1.807) is 6.07 Å². The van der Waals surface area contributed by atoms with E-state index in [0.29, 0.717) is 23.9 Å². The number of benzene rings is 1. The van der Waals surface area contributed by atoms with Crippen LogP contribution in [0.1, 0.15) is 13.3 Å². The van der Waals surface area contributed by atoms with E-state index in [2.05, 4.69) is 9.97 Å². The summed E-state index contributed by atoms with van der Waals surface area (Å²) in [7, 11) is 1.49. The minimum absolute atomic E-state index is 0.226. The number of nitrogens with zero attached hydrogens (tertiary/aromatic N) is 2. The van der Waals surface area contributed by atoms with E-state index in [-0.39, 0.29) is 11.7 Å². The molecule has 6 nitrogen and oxygen atoms in total. The van der Waals surface area contributed by atoms with Gasteiger partial charge in [-0.1, -0.05) is 19.1 Å². The molecule has 0 saturated carbocycles. The summed E-state index contributed by atoms with van der Waals surface area (Å²) in [5.41, 5.74) is 5.72. The van der Waals surface area contributed by atoms with Crippen molar-refractivity contribution in [1.29, 1.82) is 0 Å². The molecule has 1 heterocycles. The molecule has 0 aliphatic carbocycles. The Hall–Kier alpha value is -2.50. The molecule has 0 spiro atoms. The fourth-order valence-corrected chi connectivity index (χ4v) is 1.60. The minimum atomic E-state index is 0.226. The molecule has 0 radical (unpaired) electrons. The molecule has 0 aliphatic rings. The van der Waals surface area contributed by atoms with Crippen molar-refractivity contribution in [1.82, 2.24) is 9.97 Å². The van der Waals surface area contributed by atoms with Gasteiger partial charge >= 0.3 is 0 Å². The summed E-state index contributed by atoms with van der Waals surface area (Å²) in [5, 5.41) is 0. The Morgan fingerprint density at radius 3 is 2.60 bits per heavy atom. The Kier molecular flexibility index (Phi) is 4.60. The Labute approximate surface area is 117 Å². The zero-order valence-corrected chi connectivity index (χ0v) is 11.5. The van der Waals surface area contributed by atoms with E-state index in [0.717, 1.165) is 6.42 Å². The van der Waals surface area contributed by atoms with Crippen LogP contribution in [0.25, 0.3) is 0 Å². The van der Waals surface area contributed by atoms with Crippen LogP contribution in [0, 0.1) is 0 Å². The monoisotopic (exact) mass is 275 g/mol. The van der Waals surface area contributed by atoms with Crippen LogP contribution < -0.4 is 19.9 Å². The number of ether oxygens (including phenoxy) is 3. The number of aromatic nitrogens is 2. The summed E-state index contributed by atoms with van der Waals surface area (Å²) in [6, 6.07) is 7.36. The minimum Gasteiger partial charge on any atom is -0.490 e. The summed E-state index contributed by atoms with van der Waals surface area (Å²) in [6.45, 7) is 2.65. The van der Waals surface area contributed by atoms with E-state index in [4.69, 9.17) is 19.9 Å². The molecule has 0 atom stereocenters. The number of rotatable bonds is 6. The zero-order chi connectivity index (χ0) is 14.4. The molecule has 1 aromatic heterocycles. The van der Waals surface area contributed by atoms with Gasteiger partial charge in [0.05, 0.1) is 13.7 Å². The van der Waals surface area contributed by atoms with E-state index >= 15 is 0 Å². The van der Waals surface area contributed by atoms with Gasteiger partial charge in [0, 0.05) is 0 Å². The van der Waals surface area contributed by atoms with Crippen LogP contribution in [0.15, 0.2) is 30.6 Å². The SMILES string of the molecule is CCCOc1ccccc1Oc1ncnc(N)c1OC. The second kappa shape index (κ2) is 6.60. The second-order valence-corrected chi connectivity index (χ2v) is 3.99. The first-order valence-electron chi connectivity index (χ1n) is 6.30. The molecule has 1 aromatic carbocycles. The normalized spacial score (nSPS) is 10.1. The maximum Gasteiger partial charge on any atom is 0.268 e. The van der Waals surface area contributed by atoms with Crippen molar-refractivity contribution < 1.29 is 14.2 Å². The van der Waals surface area contributed by atoms with Gasteiger partial charge in [-0.2, -0.15) is 4.98 Å². The number of anilines is 1. The number of methoxy groups -OCH3 is 1. The fourth-order valence-electron chi connectivity index (χ4n) is 1.60. The predicted octanol–water partition coefficient (Wildman–Crippen LogP) is 2.65. The first kappa shape index (κ1) is 13.9. The lowest BCUT2D eigenvalue weighted by Gasteiger charge is -2.13. The number of hydrogen-bond acceptors (Lipinski definition) is 6. The highest BCUT2D eigenvalue weighted by molar-refractivity contribution is 5.53. The number of hydrogen-bond donors (Lipinski definition) is 1. The van der Waals surface area contributed by atoms with E-state index in [1.807, 2.05) is 25.1 Å². The van der Waals surface area contributed by atoms with Crippen molar-refractivity contribution in [3.05, 3.63) is 30.6 Å². The van der Waals surface area contributed by atoms with Crippen molar-refractivity contribution >= 4 is 5.82 Å². The average molecular weight is 275 g/mol. The van der Waals surface area contributed by atoms with Crippen LogP contribution in [0.3, 0.4) is 0 Å². The molecule has 2 rings (SSSR count). The molecule has 106 valence electrons. The van der Waals surface area contributed by atoms with Crippen molar-refractivity contribution in [2.75, 3.05) is 19.5 Å². The molecular weight excluding hydrogens is 258 g/mol. The van der Waals surface area contributed by atoms with E-state index in [9.17, 15) is 0 Å². The third kappa shape index (κ3) is 3.09. The van der Waals surface area contributed by atoms with Gasteiger partial charge in [-0.15, -0.1) is 0 Å². The lowest BCUT2D eigenvalue weighted by molar-refractivity contribution is 0.297. The maximum absolute atomic E-state index is 5.73. The highest BCUT2D eigenvalue weighted by Gasteiger charge is 2.14. The Morgan fingerprint density at radius 2 is 1.90 bits per heavy atom. The van der Waals surface area contributed by atoms with Crippen LogP contribution in [-0.2, 0) is 0 Å². The van der Waals surface area contributed by atoms with Crippen molar-refractivity contribution in [2.45, 2.75) is 13.3 Å². The molecule has 0 unspecified atom stereocenters. The van der Waals surface area contributed by atoms with E-state index in [1.165, 1.54) is 13.4 Å². The van der Waals surface area contributed by atoms with Gasteiger partial charge in [-0.25, -0.2) is 4.98 Å². The molecule has 0 saturated heterocycles. The predicted molar refractivity (Wildman–Crippen MR) is 75.3 cm³/mol. The quantitative estimate of drug-likeness (QED) is 0.873. The van der Waals surface area contributed by atoms with Gasteiger partial charge in [0.15, 0.2) is 17.3 Å². The van der Waals surface area contributed by atoms with Gasteiger partial charge < -0.3 is 19.9 Å². The topological polar surface area (TPSA) is 79.5 Å². The molecule has 20 heavy (non-hydrogen) atoms. The maximum atomic E-state index is 5.73. The smallest absolute Gasteiger partial charge is 0.268 e. The average Bonchev–Trinajstić information content (AvgIpc) is 2.47. The lowest BCUT2D eigenvalue weighted by Crippen LogP contribution is -2.02. The molecule has 0 aliphatic heterocycles. The Balaban J connectivity index is 2.28. The highest BCUT2D eigenvalue weighted by atomic mass is 16.5. The Morgan fingerprint density at radius 1 is 1.15 bits per heavy atom. The van der Waals surface area contributed by atoms with Crippen LogP contribution >= 0.6 is 0 Å². The number of nitrogens with two attached hydrogens (primary N) is 1. The molecule has 0 amide bonds. The van der Waals surface area contributed by atoms with Gasteiger partial charge in [0.2, 0.25) is 5.75 Å². The van der Waals surface area contributed by atoms with Crippen molar-refractivity contribution in [3.8, 4) is 23.1 Å². The van der Waals surface area contributed by atoms with Crippen LogP contribution in [0.5, 0.6) is 23.1 Å². The molecular formula is C14H17N3O3. The first-order valence-corrected chi connectivity index (χ1v) is 6.30.